The third-order valence-corrected chi connectivity index (χ3v) is 6.22. The summed E-state index contributed by atoms with van der Waals surface area (Å²) in [5.41, 5.74) is 5.05. The number of ether oxygens (including phenoxy) is 1. The van der Waals surface area contributed by atoms with E-state index in [1.807, 2.05) is 12.1 Å². The van der Waals surface area contributed by atoms with Crippen molar-refractivity contribution < 1.29 is 9.84 Å². The van der Waals surface area contributed by atoms with Crippen LogP contribution in [0.5, 0.6) is 5.75 Å². The molecule has 0 bridgehead atoms. The fraction of sp³-hybridized carbons (Fsp3) is 0.545. The average Bonchev–Trinajstić information content (AvgIpc) is 3.54. The molecule has 6 heteroatoms. The van der Waals surface area contributed by atoms with Gasteiger partial charge in [-0.15, -0.1) is 10.2 Å². The number of fused-ring (bicyclic) bond motifs is 1. The summed E-state index contributed by atoms with van der Waals surface area (Å²) < 4.78 is 5.75. The Morgan fingerprint density at radius 3 is 2.86 bits per heavy atom. The Hall–Kier alpha value is -2.18. The molecule has 2 N–H and O–H groups in total. The van der Waals surface area contributed by atoms with Gasteiger partial charge in [-0.25, -0.2) is 0 Å². The molecule has 1 atom stereocenters. The molecule has 2 aliphatic heterocycles. The van der Waals surface area contributed by atoms with Crippen LogP contribution in [0, 0.1) is 0 Å². The van der Waals surface area contributed by atoms with Gasteiger partial charge in [-0.05, 0) is 74.9 Å². The third kappa shape index (κ3) is 3.47. The quantitative estimate of drug-likeness (QED) is 0.848. The first-order valence-electron chi connectivity index (χ1n) is 10.4. The number of phenolic OH excluding ortho intramolecular Hbond substituents is 1. The number of piperidine rings is 1. The summed E-state index contributed by atoms with van der Waals surface area (Å²) in [7, 11) is 2.16. The number of nitrogens with zero attached hydrogens (tertiary/aromatic N) is 3. The van der Waals surface area contributed by atoms with Crippen LogP contribution in [0.4, 0.5) is 5.82 Å². The molecular weight excluding hydrogens is 352 g/mol. The molecule has 1 saturated heterocycles. The Bertz CT molecular complexity index is 881. The van der Waals surface area contributed by atoms with E-state index in [1.54, 1.807) is 0 Å². The summed E-state index contributed by atoms with van der Waals surface area (Å²) in [6.45, 7) is 3.39. The van der Waals surface area contributed by atoms with E-state index in [9.17, 15) is 5.11 Å². The number of phenols is 1. The molecule has 3 heterocycles. The fourth-order valence-electron chi connectivity index (χ4n) is 4.51. The van der Waals surface area contributed by atoms with Gasteiger partial charge in [0.15, 0.2) is 5.82 Å². The van der Waals surface area contributed by atoms with Gasteiger partial charge in [0.2, 0.25) is 0 Å². The molecule has 6 nitrogen and oxygen atoms in total. The number of hydrogen-bond acceptors (Lipinski definition) is 6. The van der Waals surface area contributed by atoms with Crippen molar-refractivity contribution in [3.05, 3.63) is 34.9 Å². The lowest BCUT2D eigenvalue weighted by atomic mass is 9.96. The van der Waals surface area contributed by atoms with Crippen LogP contribution in [0.3, 0.4) is 0 Å². The number of hydrogen-bond donors (Lipinski definition) is 2. The van der Waals surface area contributed by atoms with Crippen LogP contribution in [0.15, 0.2) is 18.2 Å². The van der Waals surface area contributed by atoms with Gasteiger partial charge in [-0.1, -0.05) is 6.07 Å². The maximum absolute atomic E-state index is 10.7. The number of nitrogens with one attached hydrogen (secondary N) is 1. The second-order valence-electron chi connectivity index (χ2n) is 8.45. The van der Waals surface area contributed by atoms with E-state index < -0.39 is 0 Å². The van der Waals surface area contributed by atoms with Gasteiger partial charge < -0.3 is 20.1 Å². The van der Waals surface area contributed by atoms with Gasteiger partial charge in [-0.2, -0.15) is 0 Å². The second kappa shape index (κ2) is 7.33. The molecule has 1 aliphatic carbocycles. The predicted octanol–water partition coefficient (Wildman–Crippen LogP) is 3.31. The summed E-state index contributed by atoms with van der Waals surface area (Å²) in [6, 6.07) is 6.43. The SMILES string of the molecule is CN1CCC[C@@H](Nc2nnc(-c3ccc(C4CC4)cc3O)c3c2COCC3)C1. The van der Waals surface area contributed by atoms with Crippen molar-refractivity contribution in [2.75, 3.05) is 32.1 Å². The molecule has 0 unspecified atom stereocenters. The van der Waals surface area contributed by atoms with E-state index >= 15 is 0 Å². The molecule has 1 aromatic heterocycles. The van der Waals surface area contributed by atoms with Crippen LogP contribution in [-0.2, 0) is 17.8 Å². The number of aromatic hydroxyl groups is 1. The minimum absolute atomic E-state index is 0.307. The molecule has 148 valence electrons. The Morgan fingerprint density at radius 1 is 1.18 bits per heavy atom. The third-order valence-electron chi connectivity index (χ3n) is 6.22. The minimum Gasteiger partial charge on any atom is -0.507 e. The number of aromatic nitrogens is 2. The highest BCUT2D eigenvalue weighted by molar-refractivity contribution is 5.73. The van der Waals surface area contributed by atoms with Crippen LogP contribution in [0.2, 0.25) is 0 Å². The first-order chi connectivity index (χ1) is 13.7. The van der Waals surface area contributed by atoms with Crippen LogP contribution < -0.4 is 5.32 Å². The van der Waals surface area contributed by atoms with E-state index in [4.69, 9.17) is 4.74 Å². The van der Waals surface area contributed by atoms with Crippen LogP contribution >= 0.6 is 0 Å². The summed E-state index contributed by atoms with van der Waals surface area (Å²) in [5.74, 6) is 1.77. The van der Waals surface area contributed by atoms with E-state index in [1.165, 1.54) is 24.8 Å². The van der Waals surface area contributed by atoms with Crippen molar-refractivity contribution in [3.63, 3.8) is 0 Å². The molecule has 0 radical (unpaired) electrons. The summed E-state index contributed by atoms with van der Waals surface area (Å²) in [5, 5.41) is 23.4. The Kier molecular flexibility index (Phi) is 4.69. The maximum Gasteiger partial charge on any atom is 0.154 e. The molecule has 2 aromatic rings. The van der Waals surface area contributed by atoms with Crippen molar-refractivity contribution in [2.24, 2.45) is 0 Å². The Labute approximate surface area is 165 Å². The standard InChI is InChI=1S/C22H28N4O2/c1-26-9-2-3-16(12-26)23-22-19-13-28-10-8-17(19)21(24-25-22)18-7-6-15(11-20(18)27)14-4-5-14/h6-7,11,14,16,27H,2-5,8-10,12-13H2,1H3,(H,23,25)/t16-/m1/s1. The van der Waals surface area contributed by atoms with Crippen LogP contribution in [0.1, 0.15) is 48.3 Å². The van der Waals surface area contributed by atoms with Crippen molar-refractivity contribution in [3.8, 4) is 17.0 Å². The summed E-state index contributed by atoms with van der Waals surface area (Å²) >= 11 is 0. The lowest BCUT2D eigenvalue weighted by molar-refractivity contribution is 0.111. The zero-order valence-corrected chi connectivity index (χ0v) is 16.4. The first-order valence-corrected chi connectivity index (χ1v) is 10.4. The highest BCUT2D eigenvalue weighted by Crippen LogP contribution is 2.43. The van der Waals surface area contributed by atoms with Crippen molar-refractivity contribution in [1.82, 2.24) is 15.1 Å². The lowest BCUT2D eigenvalue weighted by Gasteiger charge is -2.31. The van der Waals surface area contributed by atoms with Crippen LogP contribution in [-0.4, -0.2) is 53.0 Å². The normalized spacial score (nSPS) is 22.7. The van der Waals surface area contributed by atoms with Gasteiger partial charge in [0.05, 0.1) is 13.2 Å². The van der Waals surface area contributed by atoms with E-state index in [0.29, 0.717) is 30.9 Å². The van der Waals surface area contributed by atoms with E-state index in [2.05, 4.69) is 33.5 Å². The topological polar surface area (TPSA) is 70.5 Å². The molecule has 1 aromatic carbocycles. The first kappa shape index (κ1) is 17.9. The maximum atomic E-state index is 10.7. The molecule has 1 saturated carbocycles. The molecule has 0 amide bonds. The highest BCUT2D eigenvalue weighted by atomic mass is 16.5. The molecular formula is C22H28N4O2. The Morgan fingerprint density at radius 2 is 2.07 bits per heavy atom. The van der Waals surface area contributed by atoms with Gasteiger partial charge in [-0.3, -0.25) is 0 Å². The highest BCUT2D eigenvalue weighted by Gasteiger charge is 2.27. The summed E-state index contributed by atoms with van der Waals surface area (Å²) in [4.78, 5) is 2.35. The molecule has 5 rings (SSSR count). The predicted molar refractivity (Wildman–Crippen MR) is 109 cm³/mol. The molecule has 2 fully saturated rings. The number of benzene rings is 1. The number of likely N-dealkylation sites (tertiary alicyclic amines) is 1. The largest absolute Gasteiger partial charge is 0.507 e. The second-order valence-corrected chi connectivity index (χ2v) is 8.45. The Balaban J connectivity index is 1.48. The smallest absolute Gasteiger partial charge is 0.154 e. The summed E-state index contributed by atoms with van der Waals surface area (Å²) in [6.07, 6.45) is 5.58. The zero-order valence-electron chi connectivity index (χ0n) is 16.4. The molecule has 3 aliphatic rings. The van der Waals surface area contributed by atoms with Gasteiger partial charge in [0, 0.05) is 23.7 Å². The molecule has 28 heavy (non-hydrogen) atoms. The monoisotopic (exact) mass is 380 g/mol. The van der Waals surface area contributed by atoms with E-state index in [0.717, 1.165) is 54.1 Å². The average molecular weight is 380 g/mol. The van der Waals surface area contributed by atoms with Crippen LogP contribution in [0.25, 0.3) is 11.3 Å². The lowest BCUT2D eigenvalue weighted by Crippen LogP contribution is -2.40. The number of rotatable bonds is 4. The van der Waals surface area contributed by atoms with Gasteiger partial charge >= 0.3 is 0 Å². The van der Waals surface area contributed by atoms with E-state index in [-0.39, 0.29) is 0 Å². The number of anilines is 1. The van der Waals surface area contributed by atoms with Gasteiger partial charge in [0.1, 0.15) is 11.4 Å². The van der Waals surface area contributed by atoms with Crippen molar-refractivity contribution in [2.45, 2.75) is 50.7 Å². The fourth-order valence-corrected chi connectivity index (χ4v) is 4.51. The van der Waals surface area contributed by atoms with Crippen molar-refractivity contribution >= 4 is 5.82 Å². The zero-order chi connectivity index (χ0) is 19.1. The van der Waals surface area contributed by atoms with Crippen molar-refractivity contribution in [1.29, 1.82) is 0 Å². The molecule has 0 spiro atoms. The van der Waals surface area contributed by atoms with Gasteiger partial charge in [0.25, 0.3) is 0 Å². The minimum atomic E-state index is 0.307. The number of likely N-dealkylation sites (N-methyl/N-ethyl adjacent to an activating group) is 1.